The summed E-state index contributed by atoms with van der Waals surface area (Å²) >= 11 is 4.78. The van der Waals surface area contributed by atoms with Crippen LogP contribution in [0, 0.1) is 0 Å². The zero-order valence-corrected chi connectivity index (χ0v) is 15.0. The number of amides is 2. The van der Waals surface area contributed by atoms with E-state index in [2.05, 4.69) is 36.8 Å². The molecule has 0 atom stereocenters. The van der Waals surface area contributed by atoms with Gasteiger partial charge in [0.15, 0.2) is 5.01 Å². The zero-order valence-electron chi connectivity index (χ0n) is 12.6. The van der Waals surface area contributed by atoms with Crippen molar-refractivity contribution >= 4 is 44.1 Å². The van der Waals surface area contributed by atoms with Gasteiger partial charge in [-0.3, -0.25) is 5.32 Å². The van der Waals surface area contributed by atoms with Gasteiger partial charge >= 0.3 is 6.03 Å². The Morgan fingerprint density at radius 3 is 2.75 bits per heavy atom. The van der Waals surface area contributed by atoms with Crippen molar-refractivity contribution < 1.29 is 9.53 Å². The lowest BCUT2D eigenvalue weighted by molar-refractivity contribution is 0.262. The number of halogens is 1. The van der Waals surface area contributed by atoms with E-state index in [1.54, 1.807) is 31.4 Å². The molecule has 0 saturated heterocycles. The Morgan fingerprint density at radius 2 is 1.96 bits per heavy atom. The van der Waals surface area contributed by atoms with Crippen molar-refractivity contribution in [3.63, 3.8) is 0 Å². The number of benzene rings is 2. The number of nitrogens with zero attached hydrogens (tertiary/aromatic N) is 2. The molecule has 1 heterocycles. The third kappa shape index (κ3) is 3.90. The molecular formula is C16H13BrN4O2S. The monoisotopic (exact) mass is 404 g/mol. The van der Waals surface area contributed by atoms with Crippen molar-refractivity contribution in [1.82, 2.24) is 10.2 Å². The number of carbonyl (C=O) groups is 1. The molecule has 0 saturated carbocycles. The summed E-state index contributed by atoms with van der Waals surface area (Å²) in [7, 11) is 1.57. The Hall–Kier alpha value is -2.45. The summed E-state index contributed by atoms with van der Waals surface area (Å²) in [5.41, 5.74) is 1.55. The van der Waals surface area contributed by atoms with Crippen LogP contribution in [0.3, 0.4) is 0 Å². The van der Waals surface area contributed by atoms with Crippen molar-refractivity contribution in [2.24, 2.45) is 0 Å². The lowest BCUT2D eigenvalue weighted by atomic mass is 10.2. The van der Waals surface area contributed by atoms with Crippen LogP contribution in [0.1, 0.15) is 0 Å². The fourth-order valence-corrected chi connectivity index (χ4v) is 3.36. The minimum atomic E-state index is -0.391. The molecule has 6 nitrogen and oxygen atoms in total. The fourth-order valence-electron chi connectivity index (χ4n) is 1.98. The number of ether oxygens (including phenoxy) is 1. The number of methoxy groups -OCH3 is 1. The van der Waals surface area contributed by atoms with Crippen molar-refractivity contribution in [1.29, 1.82) is 0 Å². The van der Waals surface area contributed by atoms with Crippen LogP contribution >= 0.6 is 27.3 Å². The largest absolute Gasteiger partial charge is 0.497 e. The highest BCUT2D eigenvalue weighted by Crippen LogP contribution is 2.31. The molecule has 0 aliphatic rings. The van der Waals surface area contributed by atoms with Crippen molar-refractivity contribution in [3.8, 4) is 16.3 Å². The summed E-state index contributed by atoms with van der Waals surface area (Å²) in [6.45, 7) is 0. The molecule has 3 rings (SSSR count). The molecule has 0 bridgehead atoms. The van der Waals surface area contributed by atoms with Gasteiger partial charge in [0.1, 0.15) is 5.75 Å². The van der Waals surface area contributed by atoms with Gasteiger partial charge in [-0.25, -0.2) is 4.79 Å². The van der Waals surface area contributed by atoms with Crippen molar-refractivity contribution in [2.75, 3.05) is 17.7 Å². The van der Waals surface area contributed by atoms with Crippen LogP contribution < -0.4 is 15.4 Å². The Kier molecular flexibility index (Phi) is 5.07. The average molecular weight is 405 g/mol. The average Bonchev–Trinajstić information content (AvgIpc) is 3.03. The molecule has 3 aromatic rings. The molecule has 0 spiro atoms. The van der Waals surface area contributed by atoms with Gasteiger partial charge in [0.2, 0.25) is 5.13 Å². The number of urea groups is 1. The van der Waals surface area contributed by atoms with E-state index in [1.807, 2.05) is 24.3 Å². The van der Waals surface area contributed by atoms with Crippen LogP contribution in [-0.2, 0) is 0 Å². The van der Waals surface area contributed by atoms with Crippen molar-refractivity contribution in [3.05, 3.63) is 53.0 Å². The summed E-state index contributed by atoms with van der Waals surface area (Å²) < 4.78 is 6.05. The van der Waals surface area contributed by atoms with E-state index in [0.717, 1.165) is 15.0 Å². The molecular weight excluding hydrogens is 392 g/mol. The molecule has 24 heavy (non-hydrogen) atoms. The van der Waals surface area contributed by atoms with E-state index in [1.165, 1.54) is 11.3 Å². The maximum absolute atomic E-state index is 12.1. The molecule has 2 N–H and O–H groups in total. The van der Waals surface area contributed by atoms with Gasteiger partial charge in [-0.1, -0.05) is 51.5 Å². The first kappa shape index (κ1) is 16.4. The minimum Gasteiger partial charge on any atom is -0.497 e. The Labute approximate surface area is 151 Å². The van der Waals surface area contributed by atoms with Gasteiger partial charge < -0.3 is 10.1 Å². The van der Waals surface area contributed by atoms with E-state index < -0.39 is 6.03 Å². The molecule has 1 aromatic heterocycles. The molecule has 0 aliphatic heterocycles. The first-order chi connectivity index (χ1) is 11.7. The second-order valence-electron chi connectivity index (χ2n) is 4.70. The topological polar surface area (TPSA) is 76.1 Å². The van der Waals surface area contributed by atoms with Gasteiger partial charge in [-0.05, 0) is 18.2 Å². The van der Waals surface area contributed by atoms with E-state index in [-0.39, 0.29) is 0 Å². The van der Waals surface area contributed by atoms with Crippen LogP contribution in [0.2, 0.25) is 0 Å². The summed E-state index contributed by atoms with van der Waals surface area (Å²) in [4.78, 5) is 12.1. The summed E-state index contributed by atoms with van der Waals surface area (Å²) in [5, 5.41) is 14.7. The first-order valence-electron chi connectivity index (χ1n) is 6.96. The quantitative estimate of drug-likeness (QED) is 0.664. The fraction of sp³-hybridized carbons (Fsp3) is 0.0625. The highest BCUT2D eigenvalue weighted by atomic mass is 79.9. The minimum absolute atomic E-state index is 0.391. The number of hydrogen-bond acceptors (Lipinski definition) is 5. The van der Waals surface area contributed by atoms with Crippen LogP contribution in [-0.4, -0.2) is 23.3 Å². The molecule has 8 heteroatoms. The number of rotatable bonds is 4. The van der Waals surface area contributed by atoms with Gasteiger partial charge in [-0.2, -0.15) is 0 Å². The molecule has 0 aliphatic carbocycles. The zero-order chi connectivity index (χ0) is 16.9. The van der Waals surface area contributed by atoms with Crippen LogP contribution in [0.25, 0.3) is 10.6 Å². The molecule has 2 aromatic carbocycles. The Bertz CT molecular complexity index is 869. The van der Waals surface area contributed by atoms with Gasteiger partial charge in [0, 0.05) is 21.8 Å². The van der Waals surface area contributed by atoms with Gasteiger partial charge in [0.25, 0.3) is 0 Å². The second kappa shape index (κ2) is 7.41. The lowest BCUT2D eigenvalue weighted by Gasteiger charge is -2.06. The third-order valence-electron chi connectivity index (χ3n) is 3.08. The van der Waals surface area contributed by atoms with E-state index in [0.29, 0.717) is 16.6 Å². The third-order valence-corrected chi connectivity index (χ3v) is 4.64. The molecule has 0 fully saturated rings. The number of aromatic nitrogens is 2. The molecule has 0 radical (unpaired) electrons. The van der Waals surface area contributed by atoms with E-state index in [9.17, 15) is 4.79 Å². The number of anilines is 2. The second-order valence-corrected chi connectivity index (χ2v) is 6.54. The Balaban J connectivity index is 1.68. The summed E-state index contributed by atoms with van der Waals surface area (Å²) in [6.07, 6.45) is 0. The maximum Gasteiger partial charge on any atom is 0.325 e. The summed E-state index contributed by atoms with van der Waals surface area (Å²) in [6, 6.07) is 14.4. The number of nitrogens with one attached hydrogen (secondary N) is 2. The first-order valence-corrected chi connectivity index (χ1v) is 8.57. The highest BCUT2D eigenvalue weighted by molar-refractivity contribution is 9.10. The van der Waals surface area contributed by atoms with Crippen LogP contribution in [0.15, 0.2) is 53.0 Å². The predicted octanol–water partition coefficient (Wildman–Crippen LogP) is 4.62. The van der Waals surface area contributed by atoms with E-state index in [4.69, 9.17) is 4.74 Å². The van der Waals surface area contributed by atoms with Gasteiger partial charge in [-0.15, -0.1) is 10.2 Å². The Morgan fingerprint density at radius 1 is 1.12 bits per heavy atom. The lowest BCUT2D eigenvalue weighted by Crippen LogP contribution is -2.19. The van der Waals surface area contributed by atoms with Crippen LogP contribution in [0.5, 0.6) is 5.75 Å². The molecule has 2 amide bonds. The highest BCUT2D eigenvalue weighted by Gasteiger charge is 2.11. The normalized spacial score (nSPS) is 10.2. The number of carbonyl (C=O) groups excluding carboxylic acids is 1. The van der Waals surface area contributed by atoms with E-state index >= 15 is 0 Å². The maximum atomic E-state index is 12.1. The molecule has 122 valence electrons. The van der Waals surface area contributed by atoms with Crippen molar-refractivity contribution in [2.45, 2.75) is 0 Å². The molecule has 0 unspecified atom stereocenters. The standard InChI is InChI=1S/C16H13BrN4O2S/c1-23-11-6-4-5-10(9-11)18-15(22)19-16-21-20-14(24-16)12-7-2-3-8-13(12)17/h2-9H,1H3,(H2,18,19,21,22). The number of hydrogen-bond donors (Lipinski definition) is 2. The SMILES string of the molecule is COc1cccc(NC(=O)Nc2nnc(-c3ccccc3Br)s2)c1. The smallest absolute Gasteiger partial charge is 0.325 e. The van der Waals surface area contributed by atoms with Gasteiger partial charge in [0.05, 0.1) is 7.11 Å². The summed E-state index contributed by atoms with van der Waals surface area (Å²) in [5.74, 6) is 0.667. The van der Waals surface area contributed by atoms with Crippen LogP contribution in [0.4, 0.5) is 15.6 Å². The predicted molar refractivity (Wildman–Crippen MR) is 98.7 cm³/mol.